The Balaban J connectivity index is 2.38. The van der Waals surface area contributed by atoms with E-state index in [9.17, 15) is 19.5 Å². The zero-order chi connectivity index (χ0) is 16.3. The van der Waals surface area contributed by atoms with Gasteiger partial charge in [-0.1, -0.05) is 23.8 Å². The molecular formula is C16H13NO5. The number of amides is 1. The Hall–Kier alpha value is -3.15. The van der Waals surface area contributed by atoms with Crippen molar-refractivity contribution in [3.63, 3.8) is 0 Å². The average molecular weight is 299 g/mol. The summed E-state index contributed by atoms with van der Waals surface area (Å²) < 4.78 is 0. The van der Waals surface area contributed by atoms with Gasteiger partial charge in [-0.05, 0) is 31.2 Å². The van der Waals surface area contributed by atoms with Crippen molar-refractivity contribution in [1.29, 1.82) is 0 Å². The minimum atomic E-state index is -1.23. The second-order valence-electron chi connectivity index (χ2n) is 4.66. The van der Waals surface area contributed by atoms with Crippen LogP contribution in [0, 0.1) is 6.92 Å². The van der Waals surface area contributed by atoms with Gasteiger partial charge in [0, 0.05) is 0 Å². The smallest absolute Gasteiger partial charge is 0.337 e. The number of anilines is 1. The van der Waals surface area contributed by atoms with Gasteiger partial charge in [-0.15, -0.1) is 0 Å². The van der Waals surface area contributed by atoms with Crippen LogP contribution in [0.2, 0.25) is 0 Å². The highest BCUT2D eigenvalue weighted by Crippen LogP contribution is 2.19. The zero-order valence-electron chi connectivity index (χ0n) is 11.7. The van der Waals surface area contributed by atoms with E-state index in [4.69, 9.17) is 5.11 Å². The number of hydrogen-bond donors (Lipinski definition) is 3. The molecule has 2 aromatic carbocycles. The molecule has 112 valence electrons. The van der Waals surface area contributed by atoms with Crippen molar-refractivity contribution in [2.45, 2.75) is 6.92 Å². The van der Waals surface area contributed by atoms with Crippen LogP contribution in [0.15, 0.2) is 42.5 Å². The molecule has 0 saturated heterocycles. The van der Waals surface area contributed by atoms with Crippen molar-refractivity contribution in [2.75, 3.05) is 5.32 Å². The number of rotatable bonds is 4. The Labute approximate surface area is 126 Å². The normalized spacial score (nSPS) is 10.0. The van der Waals surface area contributed by atoms with Gasteiger partial charge >= 0.3 is 11.9 Å². The lowest BCUT2D eigenvalue weighted by Crippen LogP contribution is -2.18. The van der Waals surface area contributed by atoms with Gasteiger partial charge in [0.15, 0.2) is 0 Å². The molecule has 0 bridgehead atoms. The molecule has 0 radical (unpaired) electrons. The summed E-state index contributed by atoms with van der Waals surface area (Å²) in [5.41, 5.74) is 0.613. The Bertz CT molecular complexity index is 767. The Morgan fingerprint density at radius 2 is 1.45 bits per heavy atom. The van der Waals surface area contributed by atoms with Crippen LogP contribution in [0.4, 0.5) is 5.69 Å². The molecular weight excluding hydrogens is 286 g/mol. The molecule has 3 N–H and O–H groups in total. The van der Waals surface area contributed by atoms with Gasteiger partial charge in [-0.3, -0.25) is 4.79 Å². The molecule has 0 spiro atoms. The second kappa shape index (κ2) is 6.09. The number of hydrogen-bond acceptors (Lipinski definition) is 3. The fraction of sp³-hybridized carbons (Fsp3) is 0.0625. The molecule has 0 unspecified atom stereocenters. The van der Waals surface area contributed by atoms with E-state index in [2.05, 4.69) is 5.32 Å². The predicted octanol–water partition coefficient (Wildman–Crippen LogP) is 2.64. The maximum Gasteiger partial charge on any atom is 0.337 e. The molecule has 0 saturated carbocycles. The number of carboxylic acids is 2. The summed E-state index contributed by atoms with van der Waals surface area (Å²) in [6.07, 6.45) is 0. The first kappa shape index (κ1) is 15.2. The Kier molecular flexibility index (Phi) is 4.22. The molecule has 0 aliphatic rings. The number of carboxylic acid groups (broad SMARTS) is 2. The van der Waals surface area contributed by atoms with E-state index in [0.29, 0.717) is 0 Å². The van der Waals surface area contributed by atoms with Crippen LogP contribution in [-0.2, 0) is 0 Å². The van der Waals surface area contributed by atoms with Crippen molar-refractivity contribution >= 4 is 23.5 Å². The van der Waals surface area contributed by atoms with Gasteiger partial charge in [0.2, 0.25) is 0 Å². The molecule has 0 heterocycles. The number of carbonyl (C=O) groups excluding carboxylic acids is 1. The SMILES string of the molecule is Cc1ccc(NC(=O)c2ccccc2C(=O)O)c(C(=O)O)c1. The quantitative estimate of drug-likeness (QED) is 0.805. The van der Waals surface area contributed by atoms with E-state index in [-0.39, 0.29) is 22.4 Å². The van der Waals surface area contributed by atoms with Crippen molar-refractivity contribution in [2.24, 2.45) is 0 Å². The minimum Gasteiger partial charge on any atom is -0.478 e. The number of carbonyl (C=O) groups is 3. The van der Waals surface area contributed by atoms with Crippen molar-refractivity contribution < 1.29 is 24.6 Å². The lowest BCUT2D eigenvalue weighted by molar-refractivity contribution is 0.0684. The molecule has 1 amide bonds. The number of aromatic carboxylic acids is 2. The number of nitrogens with one attached hydrogen (secondary N) is 1. The molecule has 6 nitrogen and oxygen atoms in total. The molecule has 22 heavy (non-hydrogen) atoms. The third-order valence-corrected chi connectivity index (χ3v) is 3.06. The van der Waals surface area contributed by atoms with Gasteiger partial charge < -0.3 is 15.5 Å². The average Bonchev–Trinajstić information content (AvgIpc) is 2.48. The largest absolute Gasteiger partial charge is 0.478 e. The van der Waals surface area contributed by atoms with E-state index >= 15 is 0 Å². The third-order valence-electron chi connectivity index (χ3n) is 3.06. The molecule has 2 rings (SSSR count). The second-order valence-corrected chi connectivity index (χ2v) is 4.66. The van der Waals surface area contributed by atoms with Crippen LogP contribution in [0.3, 0.4) is 0 Å². The first-order chi connectivity index (χ1) is 10.4. The molecule has 0 aliphatic carbocycles. The molecule has 6 heteroatoms. The van der Waals surface area contributed by atoms with Gasteiger partial charge in [-0.25, -0.2) is 9.59 Å². The van der Waals surface area contributed by atoms with Crippen LogP contribution < -0.4 is 5.32 Å². The third kappa shape index (κ3) is 3.12. The topological polar surface area (TPSA) is 104 Å². The van der Waals surface area contributed by atoms with Gasteiger partial charge in [0.25, 0.3) is 5.91 Å². The highest BCUT2D eigenvalue weighted by Gasteiger charge is 2.18. The Morgan fingerprint density at radius 1 is 0.864 bits per heavy atom. The van der Waals surface area contributed by atoms with Crippen molar-refractivity contribution in [3.8, 4) is 0 Å². The number of benzene rings is 2. The highest BCUT2D eigenvalue weighted by molar-refractivity contribution is 6.12. The summed E-state index contributed by atoms with van der Waals surface area (Å²) in [7, 11) is 0. The summed E-state index contributed by atoms with van der Waals surface area (Å²) >= 11 is 0. The highest BCUT2D eigenvalue weighted by atomic mass is 16.4. The van der Waals surface area contributed by atoms with Gasteiger partial charge in [0.05, 0.1) is 22.4 Å². The molecule has 0 atom stereocenters. The zero-order valence-corrected chi connectivity index (χ0v) is 11.7. The first-order valence-electron chi connectivity index (χ1n) is 6.37. The monoisotopic (exact) mass is 299 g/mol. The van der Waals surface area contributed by atoms with E-state index in [0.717, 1.165) is 5.56 Å². The molecule has 0 aromatic heterocycles. The summed E-state index contributed by atoms with van der Waals surface area (Å²) in [4.78, 5) is 34.6. The fourth-order valence-corrected chi connectivity index (χ4v) is 2.00. The minimum absolute atomic E-state index is 0.0353. The maximum absolute atomic E-state index is 12.2. The number of aryl methyl sites for hydroxylation is 1. The van der Waals surface area contributed by atoms with Crippen LogP contribution in [0.25, 0.3) is 0 Å². The predicted molar refractivity (Wildman–Crippen MR) is 79.5 cm³/mol. The van der Waals surface area contributed by atoms with E-state index in [1.807, 2.05) is 0 Å². The lowest BCUT2D eigenvalue weighted by atomic mass is 10.1. The first-order valence-corrected chi connectivity index (χ1v) is 6.37. The molecule has 2 aromatic rings. The summed E-state index contributed by atoms with van der Waals surface area (Å²) in [5.74, 6) is -3.08. The lowest BCUT2D eigenvalue weighted by Gasteiger charge is -2.10. The fourth-order valence-electron chi connectivity index (χ4n) is 2.00. The standard InChI is InChI=1S/C16H13NO5/c1-9-6-7-13(12(8-9)16(21)22)17-14(18)10-4-2-3-5-11(10)15(19)20/h2-8H,1H3,(H,17,18)(H,19,20)(H,21,22). The van der Waals surface area contributed by atoms with E-state index in [1.165, 1.54) is 36.4 Å². The van der Waals surface area contributed by atoms with Crippen LogP contribution in [0.1, 0.15) is 36.6 Å². The van der Waals surface area contributed by atoms with Gasteiger partial charge in [0.1, 0.15) is 0 Å². The van der Waals surface area contributed by atoms with E-state index < -0.39 is 17.8 Å². The Morgan fingerprint density at radius 3 is 2.05 bits per heavy atom. The molecule has 0 aliphatic heterocycles. The molecule has 0 fully saturated rings. The van der Waals surface area contributed by atoms with Crippen LogP contribution in [-0.4, -0.2) is 28.1 Å². The van der Waals surface area contributed by atoms with Crippen molar-refractivity contribution in [1.82, 2.24) is 0 Å². The van der Waals surface area contributed by atoms with Crippen LogP contribution >= 0.6 is 0 Å². The van der Waals surface area contributed by atoms with Crippen molar-refractivity contribution in [3.05, 3.63) is 64.7 Å². The van der Waals surface area contributed by atoms with E-state index in [1.54, 1.807) is 13.0 Å². The summed E-state index contributed by atoms with van der Waals surface area (Å²) in [5, 5.41) is 20.7. The maximum atomic E-state index is 12.2. The van der Waals surface area contributed by atoms with Crippen LogP contribution in [0.5, 0.6) is 0 Å². The summed E-state index contributed by atoms with van der Waals surface area (Å²) in [6, 6.07) is 10.3. The summed E-state index contributed by atoms with van der Waals surface area (Å²) in [6.45, 7) is 1.73. The van der Waals surface area contributed by atoms with Gasteiger partial charge in [-0.2, -0.15) is 0 Å².